The molecule has 0 unspecified atom stereocenters. The van der Waals surface area contributed by atoms with Gasteiger partial charge in [0.05, 0.1) is 5.69 Å². The average Bonchev–Trinajstić information content (AvgIpc) is 2.74. The molecule has 17 heavy (non-hydrogen) atoms. The second kappa shape index (κ2) is 3.48. The van der Waals surface area contributed by atoms with Gasteiger partial charge in [-0.2, -0.15) is 0 Å². The lowest BCUT2D eigenvalue weighted by molar-refractivity contribution is 1.11. The molecule has 0 saturated heterocycles. The third kappa shape index (κ3) is 1.48. The van der Waals surface area contributed by atoms with Crippen LogP contribution in [0.3, 0.4) is 0 Å². The maximum absolute atomic E-state index is 5.83. The van der Waals surface area contributed by atoms with Crippen molar-refractivity contribution in [2.45, 2.75) is 0 Å². The predicted molar refractivity (Wildman–Crippen MR) is 67.2 cm³/mol. The molecule has 2 aromatic heterocycles. The molecule has 0 amide bonds. The third-order valence-electron chi connectivity index (χ3n) is 2.61. The van der Waals surface area contributed by atoms with Gasteiger partial charge in [0.1, 0.15) is 0 Å². The summed E-state index contributed by atoms with van der Waals surface area (Å²) >= 11 is 0. The Bertz CT molecular complexity index is 686. The van der Waals surface area contributed by atoms with Gasteiger partial charge < -0.3 is 11.5 Å². The second-order valence-corrected chi connectivity index (χ2v) is 3.81. The summed E-state index contributed by atoms with van der Waals surface area (Å²) in [4.78, 5) is 0. The number of hydrogen-bond acceptors (Lipinski definition) is 4. The van der Waals surface area contributed by atoms with E-state index >= 15 is 0 Å². The van der Waals surface area contributed by atoms with Crippen LogP contribution in [0.2, 0.25) is 0 Å². The van der Waals surface area contributed by atoms with Crippen molar-refractivity contribution in [2.75, 3.05) is 11.5 Å². The summed E-state index contributed by atoms with van der Waals surface area (Å²) in [5.74, 6) is 0.736. The number of nitrogen functional groups attached to an aromatic ring is 2. The van der Waals surface area contributed by atoms with Crippen LogP contribution in [-0.2, 0) is 0 Å². The Morgan fingerprint density at radius 1 is 1.00 bits per heavy atom. The summed E-state index contributed by atoms with van der Waals surface area (Å²) in [6, 6.07) is 11.2. The standard InChI is InChI=1S/C12H11N5/c13-9-4-1-3-8(7-9)11-15-16-12-10(14)5-2-6-17(11)12/h1-7H,13-14H2. The number of nitrogens with two attached hydrogens (primary N) is 2. The molecule has 0 radical (unpaired) electrons. The van der Waals surface area contributed by atoms with Crippen LogP contribution in [-0.4, -0.2) is 14.6 Å². The SMILES string of the molecule is Nc1cccc(-c2nnc3c(N)cccn23)c1. The summed E-state index contributed by atoms with van der Waals surface area (Å²) in [6.45, 7) is 0. The fourth-order valence-electron chi connectivity index (χ4n) is 1.81. The first-order valence-corrected chi connectivity index (χ1v) is 5.21. The summed E-state index contributed by atoms with van der Waals surface area (Å²) < 4.78 is 1.85. The van der Waals surface area contributed by atoms with Crippen LogP contribution in [0, 0.1) is 0 Å². The summed E-state index contributed by atoms with van der Waals surface area (Å²) in [5.41, 5.74) is 14.5. The Kier molecular flexibility index (Phi) is 1.98. The Morgan fingerprint density at radius 3 is 2.71 bits per heavy atom. The van der Waals surface area contributed by atoms with Gasteiger partial charge in [-0.25, -0.2) is 0 Å². The van der Waals surface area contributed by atoms with Crippen molar-refractivity contribution in [1.29, 1.82) is 0 Å². The first kappa shape index (κ1) is 9.65. The van der Waals surface area contributed by atoms with E-state index in [1.807, 2.05) is 40.9 Å². The van der Waals surface area contributed by atoms with Crippen molar-refractivity contribution in [3.63, 3.8) is 0 Å². The molecule has 0 fully saturated rings. The van der Waals surface area contributed by atoms with E-state index in [4.69, 9.17) is 11.5 Å². The molecule has 0 aliphatic heterocycles. The zero-order chi connectivity index (χ0) is 11.8. The van der Waals surface area contributed by atoms with Crippen LogP contribution in [0.15, 0.2) is 42.6 Å². The van der Waals surface area contributed by atoms with Gasteiger partial charge in [-0.3, -0.25) is 4.40 Å². The van der Waals surface area contributed by atoms with E-state index < -0.39 is 0 Å². The number of hydrogen-bond donors (Lipinski definition) is 2. The molecule has 2 heterocycles. The Balaban J connectivity index is 2.28. The summed E-state index contributed by atoms with van der Waals surface area (Å²) in [7, 11) is 0. The van der Waals surface area contributed by atoms with E-state index in [1.165, 1.54) is 0 Å². The molecule has 0 aliphatic rings. The van der Waals surface area contributed by atoms with Crippen molar-refractivity contribution in [2.24, 2.45) is 0 Å². The number of anilines is 2. The van der Waals surface area contributed by atoms with Crippen LogP contribution in [0.5, 0.6) is 0 Å². The number of pyridine rings is 1. The Labute approximate surface area is 97.7 Å². The lowest BCUT2D eigenvalue weighted by Crippen LogP contribution is -1.94. The highest BCUT2D eigenvalue weighted by molar-refractivity contribution is 5.70. The highest BCUT2D eigenvalue weighted by atomic mass is 15.2. The molecule has 0 bridgehead atoms. The van der Waals surface area contributed by atoms with Crippen LogP contribution in [0.1, 0.15) is 0 Å². The van der Waals surface area contributed by atoms with Crippen molar-refractivity contribution in [3.05, 3.63) is 42.6 Å². The van der Waals surface area contributed by atoms with E-state index in [0.717, 1.165) is 11.4 Å². The van der Waals surface area contributed by atoms with E-state index in [2.05, 4.69) is 10.2 Å². The second-order valence-electron chi connectivity index (χ2n) is 3.81. The zero-order valence-electron chi connectivity index (χ0n) is 9.04. The number of rotatable bonds is 1. The van der Waals surface area contributed by atoms with Gasteiger partial charge in [0.15, 0.2) is 11.5 Å². The monoisotopic (exact) mass is 225 g/mol. The largest absolute Gasteiger partial charge is 0.399 e. The molecule has 3 rings (SSSR count). The van der Waals surface area contributed by atoms with Gasteiger partial charge in [0.2, 0.25) is 0 Å². The molecule has 84 valence electrons. The lowest BCUT2D eigenvalue weighted by Gasteiger charge is -2.01. The molecular weight excluding hydrogens is 214 g/mol. The first-order chi connectivity index (χ1) is 8.25. The molecule has 0 atom stereocenters. The van der Waals surface area contributed by atoms with Crippen molar-refractivity contribution in [3.8, 4) is 11.4 Å². The molecule has 5 nitrogen and oxygen atoms in total. The van der Waals surface area contributed by atoms with Gasteiger partial charge in [0.25, 0.3) is 0 Å². The fraction of sp³-hybridized carbons (Fsp3) is 0. The predicted octanol–water partition coefficient (Wildman–Crippen LogP) is 1.56. The van der Waals surface area contributed by atoms with Crippen LogP contribution >= 0.6 is 0 Å². The van der Waals surface area contributed by atoms with E-state index in [0.29, 0.717) is 17.0 Å². The zero-order valence-corrected chi connectivity index (χ0v) is 9.04. The van der Waals surface area contributed by atoms with Gasteiger partial charge in [-0.1, -0.05) is 12.1 Å². The quantitative estimate of drug-likeness (QED) is 0.616. The van der Waals surface area contributed by atoms with Crippen molar-refractivity contribution < 1.29 is 0 Å². The average molecular weight is 225 g/mol. The molecule has 1 aromatic carbocycles. The minimum Gasteiger partial charge on any atom is -0.399 e. The van der Waals surface area contributed by atoms with Crippen LogP contribution in [0.4, 0.5) is 11.4 Å². The minimum atomic E-state index is 0.607. The minimum absolute atomic E-state index is 0.607. The molecule has 0 saturated carbocycles. The van der Waals surface area contributed by atoms with Gasteiger partial charge in [-0.05, 0) is 24.3 Å². The highest BCUT2D eigenvalue weighted by Crippen LogP contribution is 2.22. The van der Waals surface area contributed by atoms with E-state index in [1.54, 1.807) is 6.07 Å². The maximum atomic E-state index is 5.83. The van der Waals surface area contributed by atoms with Crippen molar-refractivity contribution in [1.82, 2.24) is 14.6 Å². The molecule has 0 spiro atoms. The summed E-state index contributed by atoms with van der Waals surface area (Å²) in [6.07, 6.45) is 1.88. The summed E-state index contributed by atoms with van der Waals surface area (Å²) in [5, 5.41) is 8.22. The van der Waals surface area contributed by atoms with Gasteiger partial charge in [-0.15, -0.1) is 10.2 Å². The highest BCUT2D eigenvalue weighted by Gasteiger charge is 2.09. The molecule has 3 aromatic rings. The van der Waals surface area contributed by atoms with Crippen LogP contribution in [0.25, 0.3) is 17.0 Å². The number of fused-ring (bicyclic) bond motifs is 1. The fourth-order valence-corrected chi connectivity index (χ4v) is 1.81. The molecule has 4 N–H and O–H groups in total. The van der Waals surface area contributed by atoms with Gasteiger partial charge in [0, 0.05) is 17.4 Å². The van der Waals surface area contributed by atoms with Crippen molar-refractivity contribution >= 4 is 17.0 Å². The number of aromatic nitrogens is 3. The normalized spacial score (nSPS) is 10.8. The Hall–Kier alpha value is -2.56. The maximum Gasteiger partial charge on any atom is 0.184 e. The lowest BCUT2D eigenvalue weighted by atomic mass is 10.2. The van der Waals surface area contributed by atoms with E-state index in [-0.39, 0.29) is 0 Å². The van der Waals surface area contributed by atoms with E-state index in [9.17, 15) is 0 Å². The first-order valence-electron chi connectivity index (χ1n) is 5.21. The topological polar surface area (TPSA) is 82.2 Å². The number of nitrogens with zero attached hydrogens (tertiary/aromatic N) is 3. The molecular formula is C12H11N5. The smallest absolute Gasteiger partial charge is 0.184 e. The number of benzene rings is 1. The molecule has 5 heteroatoms. The van der Waals surface area contributed by atoms with Crippen LogP contribution < -0.4 is 11.5 Å². The Morgan fingerprint density at radius 2 is 1.88 bits per heavy atom. The van der Waals surface area contributed by atoms with Gasteiger partial charge >= 0.3 is 0 Å². The molecule has 0 aliphatic carbocycles. The third-order valence-corrected chi connectivity index (χ3v) is 2.61.